The van der Waals surface area contributed by atoms with Crippen molar-refractivity contribution in [3.63, 3.8) is 0 Å². The fourth-order valence-electron chi connectivity index (χ4n) is 0.818. The Morgan fingerprint density at radius 3 is 3.20 bits per heavy atom. The third kappa shape index (κ3) is 0.655. The largest absolute Gasteiger partial charge is 0.236 e. The molecule has 0 aliphatic heterocycles. The van der Waals surface area contributed by atoms with E-state index in [2.05, 4.69) is 15.1 Å². The molecule has 0 aliphatic rings. The highest BCUT2D eigenvalue weighted by Crippen LogP contribution is 1.94. The first kappa shape index (κ1) is 5.34. The molecule has 4 heteroatoms. The topological polar surface area (TPSA) is 43.1 Å². The number of rotatable bonds is 0. The monoisotopic (exact) mass is 134 g/mol. The molecular formula is C6H6N4. The van der Waals surface area contributed by atoms with Crippen LogP contribution in [0.1, 0.15) is 5.82 Å². The molecule has 0 unspecified atom stereocenters. The van der Waals surface area contributed by atoms with Gasteiger partial charge in [-0.25, -0.2) is 14.5 Å². The Morgan fingerprint density at radius 1 is 1.40 bits per heavy atom. The summed E-state index contributed by atoms with van der Waals surface area (Å²) in [5.74, 6) is 0.755. The van der Waals surface area contributed by atoms with Crippen LogP contribution in [0.25, 0.3) is 5.65 Å². The van der Waals surface area contributed by atoms with Crippen LogP contribution in [0.3, 0.4) is 0 Å². The molecule has 0 saturated heterocycles. The molecule has 0 fully saturated rings. The van der Waals surface area contributed by atoms with Crippen LogP contribution in [0.4, 0.5) is 0 Å². The third-order valence-electron chi connectivity index (χ3n) is 1.27. The number of hydrogen-bond acceptors (Lipinski definition) is 3. The molecule has 2 rings (SSSR count). The van der Waals surface area contributed by atoms with Gasteiger partial charge in [-0.05, 0) is 6.92 Å². The minimum atomic E-state index is 0.755. The Kier molecular flexibility index (Phi) is 0.943. The van der Waals surface area contributed by atoms with Crippen molar-refractivity contribution >= 4 is 5.65 Å². The van der Waals surface area contributed by atoms with Crippen molar-refractivity contribution in [1.29, 1.82) is 0 Å². The summed E-state index contributed by atoms with van der Waals surface area (Å²) in [5, 5.41) is 4.08. The van der Waals surface area contributed by atoms with E-state index in [-0.39, 0.29) is 0 Å². The average molecular weight is 134 g/mol. The zero-order valence-electron chi connectivity index (χ0n) is 5.52. The Morgan fingerprint density at radius 2 is 2.30 bits per heavy atom. The lowest BCUT2D eigenvalue weighted by molar-refractivity contribution is 0.852. The van der Waals surface area contributed by atoms with E-state index in [0.29, 0.717) is 0 Å². The normalized spacial score (nSPS) is 10.5. The van der Waals surface area contributed by atoms with Gasteiger partial charge in [0.2, 0.25) is 0 Å². The molecule has 0 amide bonds. The van der Waals surface area contributed by atoms with Crippen molar-refractivity contribution in [2.45, 2.75) is 6.92 Å². The number of hydrogen-bond donors (Lipinski definition) is 0. The van der Waals surface area contributed by atoms with E-state index in [1.54, 1.807) is 23.1 Å². The van der Waals surface area contributed by atoms with Crippen LogP contribution in [0.5, 0.6) is 0 Å². The number of aryl methyl sites for hydroxylation is 1. The maximum atomic E-state index is 4.08. The fraction of sp³-hybridized carbons (Fsp3) is 0.167. The Labute approximate surface area is 57.5 Å². The highest BCUT2D eigenvalue weighted by Gasteiger charge is 1.92. The zero-order chi connectivity index (χ0) is 6.97. The van der Waals surface area contributed by atoms with E-state index in [4.69, 9.17) is 0 Å². The van der Waals surface area contributed by atoms with Gasteiger partial charge in [-0.3, -0.25) is 0 Å². The Hall–Kier alpha value is -1.45. The lowest BCUT2D eigenvalue weighted by Gasteiger charge is -1.90. The minimum absolute atomic E-state index is 0.755. The van der Waals surface area contributed by atoms with Crippen LogP contribution in [0, 0.1) is 6.92 Å². The van der Waals surface area contributed by atoms with E-state index in [0.717, 1.165) is 11.5 Å². The van der Waals surface area contributed by atoms with Crippen molar-refractivity contribution in [2.75, 3.05) is 0 Å². The number of nitrogens with zero attached hydrogens (tertiary/aromatic N) is 4. The second-order valence-corrected chi connectivity index (χ2v) is 2.04. The smallest absolute Gasteiger partial charge is 0.171 e. The molecule has 0 aliphatic carbocycles. The van der Waals surface area contributed by atoms with E-state index in [1.165, 1.54) is 0 Å². The Balaban J connectivity index is 2.86. The van der Waals surface area contributed by atoms with Crippen LogP contribution >= 0.6 is 0 Å². The van der Waals surface area contributed by atoms with Gasteiger partial charge in [0.25, 0.3) is 0 Å². The van der Waals surface area contributed by atoms with Crippen molar-refractivity contribution in [3.05, 3.63) is 24.4 Å². The van der Waals surface area contributed by atoms with Crippen LogP contribution in [-0.4, -0.2) is 19.6 Å². The predicted octanol–water partition coefficient (Wildman–Crippen LogP) is 0.433. The first-order valence-corrected chi connectivity index (χ1v) is 2.99. The quantitative estimate of drug-likeness (QED) is 0.524. The molecule has 0 radical (unpaired) electrons. The van der Waals surface area contributed by atoms with E-state index < -0.39 is 0 Å². The van der Waals surface area contributed by atoms with Gasteiger partial charge < -0.3 is 0 Å². The highest BCUT2D eigenvalue weighted by atomic mass is 15.3. The van der Waals surface area contributed by atoms with Crippen LogP contribution in [-0.2, 0) is 0 Å². The standard InChI is InChI=1S/C6H6N4/c1-5-8-4-6-7-2-3-10(6)9-5/h2-4H,1H3. The van der Waals surface area contributed by atoms with Crippen LogP contribution in [0.2, 0.25) is 0 Å². The van der Waals surface area contributed by atoms with Gasteiger partial charge in [-0.2, -0.15) is 5.10 Å². The number of aromatic nitrogens is 4. The summed E-state index contributed by atoms with van der Waals surface area (Å²) in [6, 6.07) is 0. The first-order chi connectivity index (χ1) is 4.86. The van der Waals surface area contributed by atoms with E-state index >= 15 is 0 Å². The highest BCUT2D eigenvalue weighted by molar-refractivity contribution is 5.31. The number of fused-ring (bicyclic) bond motifs is 1. The summed E-state index contributed by atoms with van der Waals surface area (Å²) in [6.07, 6.45) is 5.19. The fourth-order valence-corrected chi connectivity index (χ4v) is 0.818. The average Bonchev–Trinajstić information content (AvgIpc) is 2.33. The molecule has 4 nitrogen and oxygen atoms in total. The van der Waals surface area contributed by atoms with Gasteiger partial charge in [0.1, 0.15) is 5.82 Å². The SMILES string of the molecule is Cc1ncc2nccn2n1. The van der Waals surface area contributed by atoms with E-state index in [9.17, 15) is 0 Å². The molecule has 0 bridgehead atoms. The van der Waals surface area contributed by atoms with Crippen LogP contribution in [0.15, 0.2) is 18.6 Å². The lowest BCUT2D eigenvalue weighted by Crippen LogP contribution is -1.94. The van der Waals surface area contributed by atoms with Crippen molar-refractivity contribution in [1.82, 2.24) is 19.6 Å². The molecule has 0 atom stereocenters. The van der Waals surface area contributed by atoms with E-state index in [1.807, 2.05) is 6.92 Å². The van der Waals surface area contributed by atoms with Crippen LogP contribution < -0.4 is 0 Å². The second-order valence-electron chi connectivity index (χ2n) is 2.04. The van der Waals surface area contributed by atoms with Crippen molar-refractivity contribution in [3.8, 4) is 0 Å². The third-order valence-corrected chi connectivity index (χ3v) is 1.27. The van der Waals surface area contributed by atoms with Gasteiger partial charge in [0.15, 0.2) is 5.65 Å². The summed E-state index contributed by atoms with van der Waals surface area (Å²) >= 11 is 0. The summed E-state index contributed by atoms with van der Waals surface area (Å²) in [4.78, 5) is 7.98. The van der Waals surface area contributed by atoms with Gasteiger partial charge in [-0.15, -0.1) is 0 Å². The molecule has 2 aromatic rings. The molecule has 0 saturated carbocycles. The Bertz CT molecular complexity index is 351. The van der Waals surface area contributed by atoms with Gasteiger partial charge in [-0.1, -0.05) is 0 Å². The molecular weight excluding hydrogens is 128 g/mol. The lowest BCUT2D eigenvalue weighted by atomic mass is 10.7. The molecule has 0 spiro atoms. The van der Waals surface area contributed by atoms with Gasteiger partial charge in [0.05, 0.1) is 6.20 Å². The van der Waals surface area contributed by atoms with Crippen molar-refractivity contribution in [2.24, 2.45) is 0 Å². The van der Waals surface area contributed by atoms with Gasteiger partial charge >= 0.3 is 0 Å². The zero-order valence-corrected chi connectivity index (χ0v) is 5.52. The molecule has 0 aromatic carbocycles. The van der Waals surface area contributed by atoms with Crippen molar-refractivity contribution < 1.29 is 0 Å². The predicted molar refractivity (Wildman–Crippen MR) is 35.5 cm³/mol. The molecule has 0 N–H and O–H groups in total. The summed E-state index contributed by atoms with van der Waals surface area (Å²) in [5.41, 5.74) is 0.783. The maximum absolute atomic E-state index is 4.08. The van der Waals surface area contributed by atoms with Gasteiger partial charge in [0, 0.05) is 12.4 Å². The minimum Gasteiger partial charge on any atom is -0.236 e. The summed E-state index contributed by atoms with van der Waals surface area (Å²) in [7, 11) is 0. The second kappa shape index (κ2) is 1.76. The number of imidazole rings is 1. The summed E-state index contributed by atoms with van der Waals surface area (Å²) < 4.78 is 1.70. The molecule has 2 heterocycles. The molecule has 10 heavy (non-hydrogen) atoms. The molecule has 2 aromatic heterocycles. The first-order valence-electron chi connectivity index (χ1n) is 2.99. The maximum Gasteiger partial charge on any atom is 0.171 e. The summed E-state index contributed by atoms with van der Waals surface area (Å²) in [6.45, 7) is 1.85. The molecule has 50 valence electrons.